The lowest BCUT2D eigenvalue weighted by atomic mass is 9.88. The van der Waals surface area contributed by atoms with Crippen molar-refractivity contribution in [1.29, 1.82) is 0 Å². The van der Waals surface area contributed by atoms with Crippen LogP contribution < -0.4 is 21.3 Å². The topological polar surface area (TPSA) is 748 Å². The maximum absolute atomic E-state index is 13.1. The van der Waals surface area contributed by atoms with Crippen LogP contribution in [0.25, 0.3) is 0 Å². The van der Waals surface area contributed by atoms with Crippen molar-refractivity contribution in [2.45, 2.75) is 286 Å². The third-order valence-corrected chi connectivity index (χ3v) is 18.8. The van der Waals surface area contributed by atoms with Gasteiger partial charge in [0.15, 0.2) is 37.7 Å². The number of aliphatic hydroxyl groups is 23. The van der Waals surface area contributed by atoms with Crippen molar-refractivity contribution in [1.82, 2.24) is 21.3 Å². The number of aliphatic hydroxyl groups excluding tert-OH is 23. The zero-order valence-corrected chi connectivity index (χ0v) is 57.4. The Morgan fingerprint density at radius 1 is 0.443 bits per heavy atom. The Morgan fingerprint density at radius 2 is 0.915 bits per heavy atom. The number of aliphatic carboxylic acids is 1. The van der Waals surface area contributed by atoms with Crippen molar-refractivity contribution in [2.24, 2.45) is 0 Å². The van der Waals surface area contributed by atoms with Crippen molar-refractivity contribution in [3.8, 4) is 0 Å². The Morgan fingerprint density at radius 3 is 1.46 bits per heavy atom. The molecule has 614 valence electrons. The molecule has 0 aromatic heterocycles. The summed E-state index contributed by atoms with van der Waals surface area (Å²) in [6.07, 6.45) is -74.1. The number of hydrogen-bond acceptors (Lipinski definition) is 42. The molecule has 106 heavy (non-hydrogen) atoms. The Labute approximate surface area is 601 Å². The highest BCUT2D eigenvalue weighted by atomic mass is 16.8. The van der Waals surface area contributed by atoms with Crippen LogP contribution in [0.3, 0.4) is 0 Å². The van der Waals surface area contributed by atoms with E-state index in [0.29, 0.717) is 0 Å². The number of ether oxygens (including phenoxy) is 14. The monoisotopic (exact) mass is 1550 g/mol. The summed E-state index contributed by atoms with van der Waals surface area (Å²) in [5.74, 6) is -9.10. The lowest BCUT2D eigenvalue weighted by Gasteiger charge is -2.51. The number of rotatable bonds is 32. The van der Waals surface area contributed by atoms with Gasteiger partial charge in [0.2, 0.25) is 23.6 Å². The SMILES string of the molecule is CC(=O)N[C@H]1[C@H](OC[C@@H](O)[C@H](O)[C@H](O[C@@H]2O[C@H](CO)[C@H](O)[C@H](O[C@]3(C(=O)O)C[C@H](O)[C@@H](NC(C)=O)[C@H]([C@H](O)[C@H](O)CO)O3)[C@H]2O)[C@H](CO)NC(C)=O)O[C@H](CO)[C@@H](O[C@@H]2O[C@H](CO)[C@H](O)[C@H](O[C@@H]3O[C@H](CO)[C@@H](O)[C@H](O[C@@H]4O[C@H](CO)[C@H](O)[C@H](O)[C@H]4O[C@@H]4O[C@@H](C)[C@@H](O)[C@@H](O)[C@@H]4O)[C@H]3NC(C)=O)[C@H]2O)[C@@H]1O. The van der Waals surface area contributed by atoms with Gasteiger partial charge in [-0.3, -0.25) is 19.2 Å². The highest BCUT2D eigenvalue weighted by Crippen LogP contribution is 2.41. The molecule has 7 saturated heterocycles. The Kier molecular flexibility index (Phi) is 32.7. The maximum Gasteiger partial charge on any atom is 0.364 e. The third-order valence-electron chi connectivity index (χ3n) is 18.8. The molecule has 28 N–H and O–H groups in total. The molecule has 40 atom stereocenters. The molecule has 7 aliphatic rings. The maximum atomic E-state index is 13.1. The van der Waals surface area contributed by atoms with E-state index in [1.807, 2.05) is 0 Å². The van der Waals surface area contributed by atoms with Crippen molar-refractivity contribution in [3.63, 3.8) is 0 Å². The summed E-state index contributed by atoms with van der Waals surface area (Å²) in [5.41, 5.74) is 0. The first kappa shape index (κ1) is 89.1. The smallest absolute Gasteiger partial charge is 0.364 e. The van der Waals surface area contributed by atoms with Gasteiger partial charge in [-0.2, -0.15) is 0 Å². The van der Waals surface area contributed by atoms with Gasteiger partial charge >= 0.3 is 5.97 Å². The number of carbonyl (C=O) groups is 5. The summed E-state index contributed by atoms with van der Waals surface area (Å²) in [6.45, 7) is -4.15. The second kappa shape index (κ2) is 38.9. The number of hydrogen-bond donors (Lipinski definition) is 28. The van der Waals surface area contributed by atoms with Crippen LogP contribution >= 0.6 is 0 Å². The summed E-state index contributed by atoms with van der Waals surface area (Å²) >= 11 is 0. The molecule has 7 rings (SSSR count). The molecule has 0 bridgehead atoms. The average molecular weight is 1550 g/mol. The van der Waals surface area contributed by atoms with Crippen LogP contribution in [0.15, 0.2) is 0 Å². The lowest BCUT2D eigenvalue weighted by molar-refractivity contribution is -0.389. The first-order chi connectivity index (χ1) is 49.9. The molecule has 7 aliphatic heterocycles. The fourth-order valence-corrected chi connectivity index (χ4v) is 13.2. The Hall–Kier alpha value is -4.13. The minimum absolute atomic E-state index is 0.864. The van der Waals surface area contributed by atoms with Crippen LogP contribution in [-0.2, 0) is 90.3 Å². The minimum atomic E-state index is -3.28. The highest BCUT2D eigenvalue weighted by Gasteiger charge is 2.62. The molecule has 7 fully saturated rings. The zero-order valence-electron chi connectivity index (χ0n) is 57.4. The van der Waals surface area contributed by atoms with E-state index in [-0.39, 0.29) is 0 Å². The quantitative estimate of drug-likeness (QED) is 0.0297. The molecule has 0 unspecified atom stereocenters. The predicted octanol–water partition coefficient (Wildman–Crippen LogP) is -18.0. The van der Waals surface area contributed by atoms with Crippen LogP contribution in [0.2, 0.25) is 0 Å². The Bertz CT molecular complexity index is 2800. The normalized spacial score (nSPS) is 44.1. The molecule has 0 saturated carbocycles. The number of nitrogens with one attached hydrogen (secondary N) is 4. The van der Waals surface area contributed by atoms with Crippen LogP contribution in [0.4, 0.5) is 0 Å². The van der Waals surface area contributed by atoms with Crippen LogP contribution in [-0.4, -0.2) is 450 Å². The molecule has 0 aromatic rings. The van der Waals surface area contributed by atoms with Gasteiger partial charge < -0.3 is 210 Å². The van der Waals surface area contributed by atoms with Gasteiger partial charge in [0.05, 0.1) is 77.1 Å². The van der Waals surface area contributed by atoms with E-state index in [2.05, 4.69) is 21.3 Å². The van der Waals surface area contributed by atoms with E-state index in [9.17, 15) is 147 Å². The first-order valence-electron chi connectivity index (χ1n) is 33.5. The van der Waals surface area contributed by atoms with Crippen LogP contribution in [0, 0.1) is 0 Å². The van der Waals surface area contributed by atoms with Crippen molar-refractivity contribution in [2.75, 3.05) is 52.9 Å². The minimum Gasteiger partial charge on any atom is -0.477 e. The summed E-state index contributed by atoms with van der Waals surface area (Å²) < 4.78 is 81.3. The van der Waals surface area contributed by atoms with Gasteiger partial charge in [0.25, 0.3) is 5.79 Å². The van der Waals surface area contributed by atoms with Gasteiger partial charge in [0.1, 0.15) is 177 Å². The molecule has 0 aromatic carbocycles. The zero-order chi connectivity index (χ0) is 79.0. The van der Waals surface area contributed by atoms with Gasteiger partial charge in [-0.15, -0.1) is 0 Å². The average Bonchev–Trinajstić information content (AvgIpc) is 0.755. The van der Waals surface area contributed by atoms with E-state index >= 15 is 0 Å². The van der Waals surface area contributed by atoms with Crippen LogP contribution in [0.1, 0.15) is 41.0 Å². The Balaban J connectivity index is 1.10. The number of carboxylic acid groups (broad SMARTS) is 1. The van der Waals surface area contributed by atoms with E-state index in [1.54, 1.807) is 0 Å². The highest BCUT2D eigenvalue weighted by molar-refractivity contribution is 5.77. The van der Waals surface area contributed by atoms with Gasteiger partial charge in [-0.05, 0) is 6.92 Å². The second-order valence-corrected chi connectivity index (χ2v) is 26.5. The molecule has 7 heterocycles. The van der Waals surface area contributed by atoms with Crippen molar-refractivity contribution >= 4 is 29.6 Å². The third kappa shape index (κ3) is 20.2. The first-order valence-corrected chi connectivity index (χ1v) is 33.5. The van der Waals surface area contributed by atoms with E-state index in [4.69, 9.17) is 66.3 Å². The van der Waals surface area contributed by atoms with E-state index in [1.165, 1.54) is 6.92 Å². The van der Waals surface area contributed by atoms with E-state index < -0.39 is 334 Å². The van der Waals surface area contributed by atoms with Gasteiger partial charge in [-0.1, -0.05) is 0 Å². The van der Waals surface area contributed by atoms with Crippen molar-refractivity contribution in [3.05, 3.63) is 0 Å². The molecule has 47 heteroatoms. The van der Waals surface area contributed by atoms with Gasteiger partial charge in [-0.25, -0.2) is 4.79 Å². The fourth-order valence-electron chi connectivity index (χ4n) is 13.2. The standard InChI is InChI=1S/C59H100N4O43/c1-15-32(78)40(86)42(88)54(94-15)104-51-41(87)35(81)24(9-66)98-57(51)102-47-31(63-19(5)74)53(95-25(10-67)36(47)82)103-49-37(83)26(11-68)96-55(43(49)89)101-46-28(13-70)99-52(30(39(46)85)62-18(4)73)93-14-23(77)34(80)45(20(7-64)60-16(2)71)100-56-44(90)50(38(84)27(12-69)97-56)106-59(58(91)92)6-21(75)29(61-17(3)72)48(105-59)33(79)22(76)8-65/h15,20-57,64-70,75-90H,6-14H2,1-5H3,(H,60,71)(H,61,72)(H,62,73)(H,63,74)(H,91,92)/t15-,20-,21-,22+,23+,24+,25+,26+,27+,28+,29+,30+,31+,32+,33+,34-,35-,36+,37-,38-,39+,40+,41-,42-,43+,44+,45+,46+,47+,48+,49-,50-,51+,52+,53-,54-,55-,56-,57-,59-/m0/s1. The molecule has 4 amide bonds. The van der Waals surface area contributed by atoms with Crippen molar-refractivity contribution < 1.29 is 213 Å². The molecule has 47 nitrogen and oxygen atoms in total. The molecule has 0 spiro atoms. The summed E-state index contributed by atoms with van der Waals surface area (Å²) in [7, 11) is 0. The summed E-state index contributed by atoms with van der Waals surface area (Å²) in [5, 5.41) is 273. The number of amides is 4. The second-order valence-electron chi connectivity index (χ2n) is 26.5. The molecule has 0 aliphatic carbocycles. The summed E-state index contributed by atoms with van der Waals surface area (Å²) in [6, 6.07) is -7.37. The largest absolute Gasteiger partial charge is 0.477 e. The lowest BCUT2D eigenvalue weighted by Crippen LogP contribution is -2.71. The molecule has 0 radical (unpaired) electrons. The van der Waals surface area contributed by atoms with E-state index in [0.717, 1.165) is 27.7 Å². The van der Waals surface area contributed by atoms with Crippen LogP contribution in [0.5, 0.6) is 0 Å². The molecular weight excluding hydrogens is 1450 g/mol. The van der Waals surface area contributed by atoms with Gasteiger partial charge in [0, 0.05) is 34.1 Å². The fraction of sp³-hybridized carbons (Fsp3) is 0.915. The number of carbonyl (C=O) groups excluding carboxylic acids is 4. The number of carboxylic acids is 1. The summed E-state index contributed by atoms with van der Waals surface area (Å²) in [4.78, 5) is 63.6. The predicted molar refractivity (Wildman–Crippen MR) is 329 cm³/mol. The molecular formula is C59H100N4O43.